The topological polar surface area (TPSA) is 87.5 Å². The van der Waals surface area contributed by atoms with Crippen molar-refractivity contribution in [2.75, 3.05) is 5.32 Å². The number of aliphatic imine (C=N–C) groups is 2. The second kappa shape index (κ2) is 9.58. The maximum atomic E-state index is 13.5. The number of nitrogens with one attached hydrogen (secondary N) is 2. The minimum Gasteiger partial charge on any atom is -0.326 e. The van der Waals surface area contributed by atoms with Gasteiger partial charge >= 0.3 is 12.4 Å². The van der Waals surface area contributed by atoms with Crippen molar-refractivity contribution in [3.8, 4) is 0 Å². The Hall–Kier alpha value is -3.39. The Morgan fingerprint density at radius 3 is 2.42 bits per heavy atom. The Labute approximate surface area is 199 Å². The molecule has 2 aliphatic rings. The molecule has 2 atom stereocenters. The van der Waals surface area contributed by atoms with Gasteiger partial charge in [0.2, 0.25) is 11.9 Å². The van der Waals surface area contributed by atoms with Crippen molar-refractivity contribution >= 4 is 17.5 Å². The molecule has 0 saturated heterocycles. The van der Waals surface area contributed by atoms with E-state index >= 15 is 0 Å². The summed E-state index contributed by atoms with van der Waals surface area (Å²) in [6, 6.07) is 1.97. The second-order valence-electron chi connectivity index (χ2n) is 8.44. The fourth-order valence-electron chi connectivity index (χ4n) is 3.92. The van der Waals surface area contributed by atoms with Crippen LogP contribution in [0.1, 0.15) is 49.2 Å². The Morgan fingerprint density at radius 1 is 1.00 bits per heavy atom. The van der Waals surface area contributed by atoms with Crippen LogP contribution in [0.4, 0.5) is 40.8 Å². The molecule has 1 unspecified atom stereocenters. The maximum absolute atomic E-state index is 13.5. The van der Waals surface area contributed by atoms with E-state index in [-0.39, 0.29) is 48.4 Å². The normalized spacial score (nSPS) is 22.0. The molecule has 194 valence electrons. The van der Waals surface area contributed by atoms with Gasteiger partial charge in [-0.05, 0) is 37.3 Å². The summed E-state index contributed by atoms with van der Waals surface area (Å²) in [5, 5.41) is 5.26. The van der Waals surface area contributed by atoms with E-state index in [9.17, 15) is 35.1 Å². The van der Waals surface area contributed by atoms with Crippen molar-refractivity contribution < 1.29 is 35.1 Å². The molecule has 2 N–H and O–H groups in total. The molecule has 1 saturated carbocycles. The van der Waals surface area contributed by atoms with Gasteiger partial charge in [-0.3, -0.25) is 9.97 Å². The second-order valence-corrected chi connectivity index (χ2v) is 8.44. The van der Waals surface area contributed by atoms with Crippen molar-refractivity contribution in [2.45, 2.75) is 56.5 Å². The number of alkyl halides is 8. The fraction of sp³-hybridized carbons (Fsp3) is 0.476. The summed E-state index contributed by atoms with van der Waals surface area (Å²) in [7, 11) is 0. The lowest BCUT2D eigenvalue weighted by Gasteiger charge is -2.23. The fourth-order valence-corrected chi connectivity index (χ4v) is 3.92. The molecule has 1 aliphatic carbocycles. The molecular weight excluding hydrogens is 502 g/mol. The van der Waals surface area contributed by atoms with Crippen molar-refractivity contribution in [3.05, 3.63) is 47.8 Å². The van der Waals surface area contributed by atoms with E-state index < -0.39 is 35.8 Å². The number of hydrogen-bond donors (Lipinski definition) is 2. The van der Waals surface area contributed by atoms with E-state index in [2.05, 4.69) is 35.6 Å². The summed E-state index contributed by atoms with van der Waals surface area (Å²) < 4.78 is 105. The van der Waals surface area contributed by atoms with Crippen LogP contribution in [0.15, 0.2) is 40.7 Å². The molecule has 1 aliphatic heterocycles. The van der Waals surface area contributed by atoms with Gasteiger partial charge in [-0.2, -0.15) is 26.3 Å². The standard InChI is InChI=1S/C21H19F8N7/c22-19(23)5-3-11(8-19)1-2-16-34-17(13-9-30-10-15(33-13)21(27,28)29)36-18(35-16)32-12-4-6-31-14(7-12)20(24,25)26/h4,6-7,9-11,16H,1-3,5,8H2,(H2,31,32,34,35,36)/t11-,16?/m0/s1. The van der Waals surface area contributed by atoms with Gasteiger partial charge in [0.15, 0.2) is 11.5 Å². The van der Waals surface area contributed by atoms with Crippen LogP contribution in [-0.2, 0) is 12.4 Å². The summed E-state index contributed by atoms with van der Waals surface area (Å²) in [5.74, 6) is -3.28. The summed E-state index contributed by atoms with van der Waals surface area (Å²) in [6.07, 6.45) is -7.55. The smallest absolute Gasteiger partial charge is 0.326 e. The van der Waals surface area contributed by atoms with Crippen LogP contribution in [0.25, 0.3) is 0 Å². The monoisotopic (exact) mass is 521 g/mol. The molecule has 15 heteroatoms. The van der Waals surface area contributed by atoms with E-state index in [0.29, 0.717) is 19.0 Å². The lowest BCUT2D eigenvalue weighted by molar-refractivity contribution is -0.142. The minimum absolute atomic E-state index is 0.0471. The van der Waals surface area contributed by atoms with Gasteiger partial charge in [-0.1, -0.05) is 0 Å². The SMILES string of the molecule is FC1(F)CC[C@H](CCC2N=C(Nc3ccnc(C(F)(F)F)c3)NC(c3cncc(C(F)(F)F)n3)=N2)C1. The molecule has 0 bridgehead atoms. The van der Waals surface area contributed by atoms with Crippen LogP contribution >= 0.6 is 0 Å². The predicted octanol–water partition coefficient (Wildman–Crippen LogP) is 5.27. The number of pyridine rings is 1. The first-order chi connectivity index (χ1) is 16.8. The van der Waals surface area contributed by atoms with Crippen LogP contribution in [0, 0.1) is 5.92 Å². The van der Waals surface area contributed by atoms with Crippen LogP contribution in [0.2, 0.25) is 0 Å². The zero-order valence-corrected chi connectivity index (χ0v) is 18.3. The Balaban J connectivity index is 1.58. The first kappa shape index (κ1) is 25.7. The number of guanidine groups is 1. The molecule has 0 aromatic carbocycles. The van der Waals surface area contributed by atoms with Gasteiger partial charge in [0.25, 0.3) is 0 Å². The van der Waals surface area contributed by atoms with E-state index in [4.69, 9.17) is 0 Å². The highest BCUT2D eigenvalue weighted by Gasteiger charge is 2.39. The van der Waals surface area contributed by atoms with E-state index in [0.717, 1.165) is 18.5 Å². The van der Waals surface area contributed by atoms with Gasteiger partial charge in [0.1, 0.15) is 17.6 Å². The third-order valence-electron chi connectivity index (χ3n) is 5.61. The highest BCUT2D eigenvalue weighted by Crippen LogP contribution is 2.41. The molecular formula is C21H19F8N7. The minimum atomic E-state index is -4.77. The highest BCUT2D eigenvalue weighted by molar-refractivity contribution is 6.12. The highest BCUT2D eigenvalue weighted by atomic mass is 19.4. The predicted molar refractivity (Wildman–Crippen MR) is 112 cm³/mol. The Bertz CT molecular complexity index is 1160. The maximum Gasteiger partial charge on any atom is 0.434 e. The van der Waals surface area contributed by atoms with Gasteiger partial charge in [-0.25, -0.2) is 23.7 Å². The van der Waals surface area contributed by atoms with E-state index in [1.807, 2.05) is 0 Å². The molecule has 0 amide bonds. The molecule has 0 radical (unpaired) electrons. The van der Waals surface area contributed by atoms with Crippen LogP contribution in [0.5, 0.6) is 0 Å². The summed E-state index contributed by atoms with van der Waals surface area (Å²) in [6.45, 7) is 0. The zero-order chi connectivity index (χ0) is 26.1. The molecule has 2 aromatic heterocycles. The molecule has 3 heterocycles. The number of anilines is 1. The lowest BCUT2D eigenvalue weighted by atomic mass is 10.0. The largest absolute Gasteiger partial charge is 0.434 e. The van der Waals surface area contributed by atoms with Gasteiger partial charge < -0.3 is 10.6 Å². The Kier molecular flexibility index (Phi) is 6.84. The number of aromatic nitrogens is 3. The van der Waals surface area contributed by atoms with Crippen molar-refractivity contribution in [2.24, 2.45) is 15.9 Å². The average Bonchev–Trinajstić information content (AvgIpc) is 3.15. The molecule has 0 spiro atoms. The van der Waals surface area contributed by atoms with E-state index in [1.54, 1.807) is 0 Å². The van der Waals surface area contributed by atoms with E-state index in [1.165, 1.54) is 6.07 Å². The average molecular weight is 521 g/mol. The van der Waals surface area contributed by atoms with Crippen LogP contribution < -0.4 is 10.6 Å². The summed E-state index contributed by atoms with van der Waals surface area (Å²) in [4.78, 5) is 18.8. The lowest BCUT2D eigenvalue weighted by Crippen LogP contribution is -2.42. The van der Waals surface area contributed by atoms with Gasteiger partial charge in [-0.15, -0.1) is 0 Å². The van der Waals surface area contributed by atoms with Crippen molar-refractivity contribution in [1.29, 1.82) is 0 Å². The number of halogens is 8. The zero-order valence-electron chi connectivity index (χ0n) is 18.3. The molecule has 7 nitrogen and oxygen atoms in total. The van der Waals surface area contributed by atoms with Gasteiger partial charge in [0.05, 0.1) is 12.4 Å². The van der Waals surface area contributed by atoms with Crippen molar-refractivity contribution in [3.63, 3.8) is 0 Å². The van der Waals surface area contributed by atoms with Crippen LogP contribution in [0.3, 0.4) is 0 Å². The van der Waals surface area contributed by atoms with Crippen molar-refractivity contribution in [1.82, 2.24) is 20.3 Å². The number of hydrogen-bond acceptors (Lipinski definition) is 7. The molecule has 1 fully saturated rings. The number of amidine groups is 1. The Morgan fingerprint density at radius 2 is 1.75 bits per heavy atom. The van der Waals surface area contributed by atoms with Gasteiger partial charge in [0, 0.05) is 24.7 Å². The summed E-state index contributed by atoms with van der Waals surface area (Å²) >= 11 is 0. The first-order valence-electron chi connectivity index (χ1n) is 10.8. The molecule has 4 rings (SSSR count). The van der Waals surface area contributed by atoms with Crippen LogP contribution in [-0.4, -0.2) is 38.8 Å². The summed E-state index contributed by atoms with van der Waals surface area (Å²) in [5.41, 5.74) is -2.76. The first-order valence-corrected chi connectivity index (χ1v) is 10.8. The number of rotatable bonds is 5. The third kappa shape index (κ3) is 6.43. The molecule has 2 aromatic rings. The molecule has 36 heavy (non-hydrogen) atoms. The quantitative estimate of drug-likeness (QED) is 0.524. The third-order valence-corrected chi connectivity index (χ3v) is 5.61. The number of nitrogens with zero attached hydrogens (tertiary/aromatic N) is 5.